The van der Waals surface area contributed by atoms with Crippen LogP contribution in [0.2, 0.25) is 0 Å². The van der Waals surface area contributed by atoms with Crippen LogP contribution in [-0.2, 0) is 26.7 Å². The molecule has 0 aromatic rings. The third-order valence-corrected chi connectivity index (χ3v) is 0. The fourth-order valence-corrected chi connectivity index (χ4v) is 0. The molecule has 0 aliphatic carbocycles. The van der Waals surface area contributed by atoms with Gasteiger partial charge in [-0.1, -0.05) is 0 Å². The van der Waals surface area contributed by atoms with E-state index in [4.69, 9.17) is 19.8 Å². The molecule has 0 aliphatic rings. The average Bonchev–Trinajstić information content (AvgIpc) is 1.25. The van der Waals surface area contributed by atoms with Crippen molar-refractivity contribution in [1.29, 1.82) is 0 Å². The van der Waals surface area contributed by atoms with Crippen LogP contribution < -0.4 is 10.2 Å². The number of aliphatic carboxylic acids is 2. The minimum absolute atomic E-state index is 0. The molecule has 0 heterocycles. The van der Waals surface area contributed by atoms with Crippen molar-refractivity contribution in [2.24, 2.45) is 0 Å². The zero-order valence-corrected chi connectivity index (χ0v) is 9.19. The minimum Gasteiger partial charge on any atom is -0.550 e. The van der Waals surface area contributed by atoms with Crippen LogP contribution in [0.4, 0.5) is 0 Å². The van der Waals surface area contributed by atoms with Gasteiger partial charge in [0, 0.05) is 11.9 Å². The molecule has 12 N–H and O–H groups in total. The van der Waals surface area contributed by atoms with Gasteiger partial charge in [-0.25, -0.2) is 0 Å². The van der Waals surface area contributed by atoms with Crippen molar-refractivity contribution in [1.82, 2.24) is 0 Å². The molecule has 0 aromatic heterocycles. The Bertz CT molecular complexity index is 75.4. The summed E-state index contributed by atoms with van der Waals surface area (Å²) in [4.78, 5) is 17.8. The SMILES string of the molecule is CC(=O)[O-].CC(=O)[O-].O.O.O.O.O.O.[Mn+2]. The molecule has 10 nitrogen and oxygen atoms in total. The predicted octanol–water partition coefficient (Wildman–Crippen LogP) is -7.44. The van der Waals surface area contributed by atoms with Crippen LogP contribution in [0.15, 0.2) is 0 Å². The van der Waals surface area contributed by atoms with Gasteiger partial charge in [-0.3, -0.25) is 0 Å². The normalized spacial score (nSPS) is 3.33. The van der Waals surface area contributed by atoms with Gasteiger partial charge in [-0.05, 0) is 13.8 Å². The average molecular weight is 281 g/mol. The molecule has 0 saturated heterocycles. The molecule has 0 rings (SSSR count). The summed E-state index contributed by atoms with van der Waals surface area (Å²) >= 11 is 0. The number of hydrogen-bond donors (Lipinski definition) is 0. The van der Waals surface area contributed by atoms with Gasteiger partial charge in [0.15, 0.2) is 0 Å². The Morgan fingerprint density at radius 2 is 0.667 bits per heavy atom. The Hall–Kier alpha value is -0.781. The van der Waals surface area contributed by atoms with E-state index in [1.807, 2.05) is 0 Å². The predicted molar refractivity (Wildman–Crippen MR) is 43.0 cm³/mol. The Kier molecular flexibility index (Phi) is 441. The quantitative estimate of drug-likeness (QED) is 0.391. The van der Waals surface area contributed by atoms with Crippen LogP contribution in [0.25, 0.3) is 0 Å². The summed E-state index contributed by atoms with van der Waals surface area (Å²) in [6.07, 6.45) is 0. The summed E-state index contributed by atoms with van der Waals surface area (Å²) in [5.74, 6) is -2.17. The van der Waals surface area contributed by atoms with Crippen LogP contribution >= 0.6 is 0 Å². The molecule has 0 amide bonds. The minimum atomic E-state index is -1.08. The second-order valence-corrected chi connectivity index (χ2v) is 0.983. The Morgan fingerprint density at radius 1 is 0.667 bits per heavy atom. The number of carbonyl (C=O) groups excluding carboxylic acids is 2. The maximum absolute atomic E-state index is 8.89. The van der Waals surface area contributed by atoms with E-state index in [9.17, 15) is 0 Å². The Balaban J connectivity index is -0.00000000468. The molecular formula is C4H18MnO10. The van der Waals surface area contributed by atoms with Gasteiger partial charge >= 0.3 is 17.1 Å². The summed E-state index contributed by atoms with van der Waals surface area (Å²) < 4.78 is 0. The van der Waals surface area contributed by atoms with E-state index in [2.05, 4.69) is 0 Å². The van der Waals surface area contributed by atoms with Crippen molar-refractivity contribution in [2.75, 3.05) is 0 Å². The molecule has 1 radical (unpaired) electrons. The van der Waals surface area contributed by atoms with E-state index in [1.54, 1.807) is 0 Å². The summed E-state index contributed by atoms with van der Waals surface area (Å²) in [7, 11) is 0. The molecule has 0 aromatic carbocycles. The van der Waals surface area contributed by atoms with Crippen molar-refractivity contribution in [3.63, 3.8) is 0 Å². The number of rotatable bonds is 0. The third kappa shape index (κ3) is 2730. The summed E-state index contributed by atoms with van der Waals surface area (Å²) in [5.41, 5.74) is 0. The van der Waals surface area contributed by atoms with Crippen molar-refractivity contribution in [2.45, 2.75) is 13.8 Å². The summed E-state index contributed by atoms with van der Waals surface area (Å²) in [6.45, 7) is 1.94. The number of hydrogen-bond acceptors (Lipinski definition) is 4. The number of carbonyl (C=O) groups is 2. The van der Waals surface area contributed by atoms with Crippen molar-refractivity contribution < 1.29 is 69.7 Å². The zero-order chi connectivity index (χ0) is 7.15. The van der Waals surface area contributed by atoms with Gasteiger partial charge in [0.05, 0.1) is 0 Å². The van der Waals surface area contributed by atoms with Crippen molar-refractivity contribution in [3.05, 3.63) is 0 Å². The molecule has 0 atom stereocenters. The van der Waals surface area contributed by atoms with Crippen molar-refractivity contribution in [3.8, 4) is 0 Å². The van der Waals surface area contributed by atoms with E-state index >= 15 is 0 Å². The van der Waals surface area contributed by atoms with Gasteiger partial charge in [0.25, 0.3) is 0 Å². The summed E-state index contributed by atoms with van der Waals surface area (Å²) in [6, 6.07) is 0. The first-order chi connectivity index (χ1) is 3.46. The van der Waals surface area contributed by atoms with Crippen LogP contribution in [0.1, 0.15) is 13.8 Å². The molecule has 0 aliphatic heterocycles. The molecular weight excluding hydrogens is 263 g/mol. The monoisotopic (exact) mass is 281 g/mol. The second kappa shape index (κ2) is 72.5. The van der Waals surface area contributed by atoms with Crippen LogP contribution in [0.5, 0.6) is 0 Å². The van der Waals surface area contributed by atoms with E-state index in [-0.39, 0.29) is 49.9 Å². The Morgan fingerprint density at radius 3 is 0.667 bits per heavy atom. The van der Waals surface area contributed by atoms with Crippen LogP contribution in [-0.4, -0.2) is 44.8 Å². The Labute approximate surface area is 96.2 Å². The van der Waals surface area contributed by atoms with E-state index in [1.165, 1.54) is 0 Å². The number of carboxylic acid groups (broad SMARTS) is 2. The molecule has 101 valence electrons. The van der Waals surface area contributed by atoms with Crippen LogP contribution in [0.3, 0.4) is 0 Å². The molecule has 11 heteroatoms. The first-order valence-corrected chi connectivity index (χ1v) is 1.82. The maximum atomic E-state index is 8.89. The molecule has 15 heavy (non-hydrogen) atoms. The van der Waals surface area contributed by atoms with Gasteiger partial charge in [-0.15, -0.1) is 0 Å². The van der Waals surface area contributed by atoms with Gasteiger partial charge < -0.3 is 52.7 Å². The molecule has 0 saturated carbocycles. The van der Waals surface area contributed by atoms with Gasteiger partial charge in [0.2, 0.25) is 0 Å². The zero-order valence-electron chi connectivity index (χ0n) is 8.01. The molecule has 0 spiro atoms. The second-order valence-electron chi connectivity index (χ2n) is 0.983. The fraction of sp³-hybridized carbons (Fsp3) is 0.500. The molecule has 0 unspecified atom stereocenters. The first-order valence-electron chi connectivity index (χ1n) is 1.82. The molecule has 0 bridgehead atoms. The summed E-state index contributed by atoms with van der Waals surface area (Å²) in [5, 5.41) is 17.8. The van der Waals surface area contributed by atoms with Crippen LogP contribution in [0, 0.1) is 0 Å². The van der Waals surface area contributed by atoms with E-state index in [0.717, 1.165) is 13.8 Å². The van der Waals surface area contributed by atoms with Gasteiger partial charge in [0.1, 0.15) is 0 Å². The fourth-order valence-electron chi connectivity index (χ4n) is 0. The first kappa shape index (κ1) is 91.2. The van der Waals surface area contributed by atoms with E-state index in [0.29, 0.717) is 0 Å². The smallest absolute Gasteiger partial charge is 0.550 e. The van der Waals surface area contributed by atoms with E-state index < -0.39 is 11.9 Å². The topological polar surface area (TPSA) is 269 Å². The largest absolute Gasteiger partial charge is 2.00 e. The third-order valence-electron chi connectivity index (χ3n) is 0. The van der Waals surface area contributed by atoms with Gasteiger partial charge in [-0.2, -0.15) is 0 Å². The van der Waals surface area contributed by atoms with Crippen molar-refractivity contribution >= 4 is 11.9 Å². The standard InChI is InChI=1S/2C2H4O2.Mn.6H2O/c2*1-2(3)4;;;;;;;/h2*1H3,(H,3,4);;6*1H2/q;;+2;;;;;;/p-2. The number of carboxylic acids is 2. The molecule has 0 fully saturated rings. The maximum Gasteiger partial charge on any atom is 2.00 e.